The number of carbonyl (C=O) groups is 1. The van der Waals surface area contributed by atoms with Gasteiger partial charge in [0.25, 0.3) is 5.91 Å². The van der Waals surface area contributed by atoms with Crippen molar-refractivity contribution in [2.75, 3.05) is 23.7 Å². The van der Waals surface area contributed by atoms with Gasteiger partial charge in [-0.1, -0.05) is 18.2 Å². The standard InChI is InChI=1S/C19H21FN2O3S/c1-14(15-7-9-17(20)10-8-15)21(2)19(23)16-5-3-6-18(13-16)22-11-4-12-26(22,24)25/h3,5-10,13-14H,4,11-12H2,1-2H3. The van der Waals surface area contributed by atoms with Gasteiger partial charge < -0.3 is 4.90 Å². The highest BCUT2D eigenvalue weighted by Crippen LogP contribution is 2.26. The molecule has 0 bridgehead atoms. The molecule has 0 aliphatic carbocycles. The van der Waals surface area contributed by atoms with Gasteiger partial charge in [0.15, 0.2) is 0 Å². The molecule has 1 fully saturated rings. The molecule has 1 aliphatic heterocycles. The Morgan fingerprint density at radius 3 is 2.50 bits per heavy atom. The van der Waals surface area contributed by atoms with Crippen LogP contribution in [0.1, 0.15) is 35.3 Å². The van der Waals surface area contributed by atoms with Crippen LogP contribution in [0.5, 0.6) is 0 Å². The third kappa shape index (κ3) is 3.58. The molecule has 1 aliphatic rings. The minimum Gasteiger partial charge on any atom is -0.335 e. The molecule has 0 aromatic heterocycles. The number of hydrogen-bond acceptors (Lipinski definition) is 3. The van der Waals surface area contributed by atoms with Gasteiger partial charge in [-0.25, -0.2) is 12.8 Å². The van der Waals surface area contributed by atoms with Crippen molar-refractivity contribution in [2.24, 2.45) is 0 Å². The van der Waals surface area contributed by atoms with Gasteiger partial charge in [0, 0.05) is 19.2 Å². The van der Waals surface area contributed by atoms with Crippen LogP contribution in [0, 0.1) is 5.82 Å². The van der Waals surface area contributed by atoms with E-state index in [0.717, 1.165) is 5.56 Å². The monoisotopic (exact) mass is 376 g/mol. The molecule has 2 aromatic rings. The van der Waals surface area contributed by atoms with Gasteiger partial charge in [-0.15, -0.1) is 0 Å². The zero-order chi connectivity index (χ0) is 18.9. The first kappa shape index (κ1) is 18.4. The van der Waals surface area contributed by atoms with E-state index in [1.54, 1.807) is 48.3 Å². The van der Waals surface area contributed by atoms with Gasteiger partial charge in [0.05, 0.1) is 17.5 Å². The van der Waals surface area contributed by atoms with E-state index in [9.17, 15) is 17.6 Å². The van der Waals surface area contributed by atoms with Crippen molar-refractivity contribution < 1.29 is 17.6 Å². The van der Waals surface area contributed by atoms with Crippen LogP contribution in [-0.4, -0.2) is 38.6 Å². The predicted octanol–water partition coefficient (Wildman–Crippen LogP) is 3.20. The summed E-state index contributed by atoms with van der Waals surface area (Å²) in [5, 5.41) is 0. The highest BCUT2D eigenvalue weighted by Gasteiger charge is 2.29. The fourth-order valence-corrected chi connectivity index (χ4v) is 4.62. The fraction of sp³-hybridized carbons (Fsp3) is 0.316. The molecular formula is C19H21FN2O3S. The van der Waals surface area contributed by atoms with Crippen molar-refractivity contribution >= 4 is 21.6 Å². The second-order valence-corrected chi connectivity index (χ2v) is 8.45. The number of hydrogen-bond donors (Lipinski definition) is 0. The lowest BCUT2D eigenvalue weighted by Crippen LogP contribution is -2.30. The molecule has 5 nitrogen and oxygen atoms in total. The third-order valence-electron chi connectivity index (χ3n) is 4.73. The summed E-state index contributed by atoms with van der Waals surface area (Å²) in [5.41, 5.74) is 1.75. The van der Waals surface area contributed by atoms with E-state index in [-0.39, 0.29) is 23.5 Å². The summed E-state index contributed by atoms with van der Waals surface area (Å²) in [7, 11) is -1.62. The maximum Gasteiger partial charge on any atom is 0.254 e. The first-order chi connectivity index (χ1) is 12.3. The van der Waals surface area contributed by atoms with Crippen LogP contribution in [0.2, 0.25) is 0 Å². The molecule has 138 valence electrons. The second-order valence-electron chi connectivity index (χ2n) is 6.44. The molecule has 0 radical (unpaired) electrons. The summed E-state index contributed by atoms with van der Waals surface area (Å²) in [6.07, 6.45) is 0.585. The van der Waals surface area contributed by atoms with Crippen molar-refractivity contribution in [1.29, 1.82) is 0 Å². The maximum atomic E-state index is 13.1. The number of amides is 1. The number of sulfonamides is 1. The van der Waals surface area contributed by atoms with Crippen molar-refractivity contribution in [2.45, 2.75) is 19.4 Å². The summed E-state index contributed by atoms with van der Waals surface area (Å²) in [4.78, 5) is 14.4. The topological polar surface area (TPSA) is 57.7 Å². The van der Waals surface area contributed by atoms with E-state index in [1.165, 1.54) is 16.4 Å². The quantitative estimate of drug-likeness (QED) is 0.823. The van der Waals surface area contributed by atoms with Crippen molar-refractivity contribution in [1.82, 2.24) is 4.90 Å². The summed E-state index contributed by atoms with van der Waals surface area (Å²) >= 11 is 0. The highest BCUT2D eigenvalue weighted by molar-refractivity contribution is 7.93. The lowest BCUT2D eigenvalue weighted by molar-refractivity contribution is 0.0742. The van der Waals surface area contributed by atoms with E-state index >= 15 is 0 Å². The number of carbonyl (C=O) groups excluding carboxylic acids is 1. The van der Waals surface area contributed by atoms with Gasteiger partial charge in [0.1, 0.15) is 5.82 Å². The Balaban J connectivity index is 1.83. The molecule has 26 heavy (non-hydrogen) atoms. The fourth-order valence-electron chi connectivity index (χ4n) is 3.07. The van der Waals surface area contributed by atoms with Gasteiger partial charge in [-0.05, 0) is 49.2 Å². The molecule has 0 N–H and O–H groups in total. The van der Waals surface area contributed by atoms with Crippen molar-refractivity contribution in [3.8, 4) is 0 Å². The second kappa shape index (κ2) is 7.07. The molecule has 1 atom stereocenters. The predicted molar refractivity (Wildman–Crippen MR) is 99.1 cm³/mol. The molecule has 2 aromatic carbocycles. The van der Waals surface area contributed by atoms with E-state index in [4.69, 9.17) is 0 Å². The molecule has 7 heteroatoms. The lowest BCUT2D eigenvalue weighted by Gasteiger charge is -2.26. The molecular weight excluding hydrogens is 355 g/mol. The summed E-state index contributed by atoms with van der Waals surface area (Å²) in [6, 6.07) is 12.4. The van der Waals surface area contributed by atoms with Crippen molar-refractivity contribution in [3.63, 3.8) is 0 Å². The Kier molecular flexibility index (Phi) is 5.00. The number of nitrogens with zero attached hydrogens (tertiary/aromatic N) is 2. The zero-order valence-electron chi connectivity index (χ0n) is 14.7. The van der Waals surface area contributed by atoms with Crippen LogP contribution in [0.3, 0.4) is 0 Å². The van der Waals surface area contributed by atoms with Gasteiger partial charge >= 0.3 is 0 Å². The Labute approximate surface area is 153 Å². The van der Waals surface area contributed by atoms with Crippen LogP contribution >= 0.6 is 0 Å². The Morgan fingerprint density at radius 1 is 1.19 bits per heavy atom. The minimum atomic E-state index is -3.29. The third-order valence-corrected chi connectivity index (χ3v) is 6.60. The van der Waals surface area contributed by atoms with Gasteiger partial charge in [-0.2, -0.15) is 0 Å². The summed E-state index contributed by atoms with van der Waals surface area (Å²) in [6.45, 7) is 2.29. The Morgan fingerprint density at radius 2 is 1.88 bits per heavy atom. The van der Waals surface area contributed by atoms with Gasteiger partial charge in [0.2, 0.25) is 10.0 Å². The first-order valence-electron chi connectivity index (χ1n) is 8.43. The Bertz CT molecular complexity index is 913. The molecule has 0 saturated carbocycles. The van der Waals surface area contributed by atoms with Crippen LogP contribution < -0.4 is 4.31 Å². The average Bonchev–Trinajstić information content (AvgIpc) is 2.99. The number of benzene rings is 2. The molecule has 1 unspecified atom stereocenters. The van der Waals surface area contributed by atoms with Crippen LogP contribution in [0.4, 0.5) is 10.1 Å². The molecule has 0 spiro atoms. The molecule has 3 rings (SSSR count). The van der Waals surface area contributed by atoms with Crippen molar-refractivity contribution in [3.05, 3.63) is 65.5 Å². The first-order valence-corrected chi connectivity index (χ1v) is 10.0. The number of anilines is 1. The maximum absolute atomic E-state index is 13.1. The van der Waals surface area contributed by atoms with Crippen LogP contribution in [0.25, 0.3) is 0 Å². The number of halogens is 1. The Hall–Kier alpha value is -2.41. The van der Waals surface area contributed by atoms with E-state index in [1.807, 2.05) is 6.92 Å². The van der Waals surface area contributed by atoms with E-state index in [0.29, 0.717) is 24.2 Å². The largest absolute Gasteiger partial charge is 0.335 e. The normalized spacial score (nSPS) is 17.1. The smallest absolute Gasteiger partial charge is 0.254 e. The highest BCUT2D eigenvalue weighted by atomic mass is 32.2. The van der Waals surface area contributed by atoms with Crippen LogP contribution in [-0.2, 0) is 10.0 Å². The summed E-state index contributed by atoms with van der Waals surface area (Å²) in [5.74, 6) is -0.415. The van der Waals surface area contributed by atoms with Gasteiger partial charge in [-0.3, -0.25) is 9.10 Å². The average molecular weight is 376 g/mol. The molecule has 1 heterocycles. The van der Waals surface area contributed by atoms with E-state index < -0.39 is 10.0 Å². The zero-order valence-corrected chi connectivity index (χ0v) is 15.5. The molecule has 1 amide bonds. The van der Waals surface area contributed by atoms with E-state index in [2.05, 4.69) is 0 Å². The molecule has 1 saturated heterocycles. The number of rotatable bonds is 4. The SMILES string of the molecule is CC(c1ccc(F)cc1)N(C)C(=O)c1cccc(N2CCCS2(=O)=O)c1. The summed E-state index contributed by atoms with van der Waals surface area (Å²) < 4.78 is 38.6. The minimum absolute atomic E-state index is 0.132. The lowest BCUT2D eigenvalue weighted by atomic mass is 10.1. The van der Waals surface area contributed by atoms with Crippen LogP contribution in [0.15, 0.2) is 48.5 Å².